The molecule has 0 bridgehead atoms. The Morgan fingerprint density at radius 2 is 1.84 bits per heavy atom. The van der Waals surface area contributed by atoms with Crippen molar-refractivity contribution < 1.29 is 43.7 Å². The van der Waals surface area contributed by atoms with Gasteiger partial charge in [0.1, 0.15) is 30.4 Å². The topological polar surface area (TPSA) is 162 Å². The molecule has 0 aromatic heterocycles. The van der Waals surface area contributed by atoms with Gasteiger partial charge in [-0.25, -0.2) is 4.79 Å². The first-order valence-corrected chi connectivity index (χ1v) is 19.9. The van der Waals surface area contributed by atoms with E-state index in [1.807, 2.05) is 39.8 Å². The second-order valence-corrected chi connectivity index (χ2v) is 16.1. The van der Waals surface area contributed by atoms with Crippen molar-refractivity contribution >= 4 is 17.5 Å². The smallest absolute Gasteiger partial charge is 0.410 e. The van der Waals surface area contributed by atoms with Gasteiger partial charge in [-0.1, -0.05) is 63.9 Å². The van der Waals surface area contributed by atoms with Gasteiger partial charge in [0, 0.05) is 43.7 Å². The third-order valence-electron chi connectivity index (χ3n) is 10.8. The Kier molecular flexibility index (Phi) is 14.6. The first kappa shape index (κ1) is 42.7. The molecule has 13 nitrogen and oxygen atoms in total. The SMILES string of the molecule is C=CCOC12Oc3ccc(Oc4cccc([N+](=O)[O-])c4)cc3C3C(CCCCO)C(CCCCO)C=C(C(=NOC)CC1N(CCC)C(=O)OCC(C)(C)C)C32. The van der Waals surface area contributed by atoms with Crippen molar-refractivity contribution in [2.45, 2.75) is 96.8 Å². The van der Waals surface area contributed by atoms with Crippen LogP contribution in [0.2, 0.25) is 0 Å². The summed E-state index contributed by atoms with van der Waals surface area (Å²) < 4.78 is 26.4. The Bertz CT molecular complexity index is 1740. The standard InChI is InChI=1S/C43H59N3O10/c1-7-20-45(41(49)53-28-42(3,4)5)38-27-36(44-52-6)34-24-29(14-9-11-21-47)33(17-10-12-22-48)39-35-26-32(55-31-16-13-15-30(25-31)46(50)51)18-19-37(35)56-43(38,40(34)39)54-23-8-2/h8,13,15-16,18-19,24-26,29,33,38-40,47-48H,2,7,9-12,14,17,20-23,27-28H2,1,3-6H3. The highest BCUT2D eigenvalue weighted by molar-refractivity contribution is 6.03. The van der Waals surface area contributed by atoms with Crippen LogP contribution in [0.3, 0.4) is 0 Å². The zero-order valence-corrected chi connectivity index (χ0v) is 33.5. The van der Waals surface area contributed by atoms with Crippen LogP contribution in [-0.2, 0) is 14.3 Å². The second kappa shape index (κ2) is 19.1. The van der Waals surface area contributed by atoms with E-state index in [4.69, 9.17) is 23.8 Å². The fourth-order valence-electron chi connectivity index (χ4n) is 8.60. The zero-order chi connectivity index (χ0) is 40.5. The largest absolute Gasteiger partial charge is 0.459 e. The van der Waals surface area contributed by atoms with E-state index in [2.05, 4.69) is 17.8 Å². The first-order chi connectivity index (χ1) is 26.9. The van der Waals surface area contributed by atoms with Crippen molar-refractivity contribution in [3.8, 4) is 17.2 Å². The second-order valence-electron chi connectivity index (χ2n) is 16.1. The summed E-state index contributed by atoms with van der Waals surface area (Å²) in [6.45, 7) is 12.9. The minimum Gasteiger partial charge on any atom is -0.459 e. The highest BCUT2D eigenvalue weighted by atomic mass is 16.7. The molecule has 2 aromatic carbocycles. The van der Waals surface area contributed by atoms with Crippen molar-refractivity contribution in [2.24, 2.45) is 28.3 Å². The molecule has 2 N–H and O–H groups in total. The summed E-state index contributed by atoms with van der Waals surface area (Å²) in [7, 11) is 1.51. The van der Waals surface area contributed by atoms with E-state index < -0.39 is 28.8 Å². The summed E-state index contributed by atoms with van der Waals surface area (Å²) in [5.41, 5.74) is 2.13. The minimum absolute atomic E-state index is 0.0198. The zero-order valence-electron chi connectivity index (χ0n) is 33.5. The third kappa shape index (κ3) is 9.55. The first-order valence-electron chi connectivity index (χ1n) is 19.9. The maximum absolute atomic E-state index is 14.2. The Morgan fingerprint density at radius 3 is 2.50 bits per heavy atom. The van der Waals surface area contributed by atoms with Crippen LogP contribution in [0, 0.1) is 33.3 Å². The Balaban J connectivity index is 1.75. The van der Waals surface area contributed by atoms with E-state index in [9.17, 15) is 25.1 Å². The number of ether oxygens (including phenoxy) is 4. The molecule has 1 fully saturated rings. The molecule has 1 amide bonds. The lowest BCUT2D eigenvalue weighted by atomic mass is 9.55. The minimum atomic E-state index is -1.41. The summed E-state index contributed by atoms with van der Waals surface area (Å²) in [6, 6.07) is 10.9. The van der Waals surface area contributed by atoms with E-state index in [-0.39, 0.29) is 61.7 Å². The van der Waals surface area contributed by atoms with Gasteiger partial charge in [-0.05, 0) is 79.2 Å². The number of hydrogen-bond donors (Lipinski definition) is 2. The van der Waals surface area contributed by atoms with Crippen molar-refractivity contribution in [1.29, 1.82) is 0 Å². The lowest BCUT2D eigenvalue weighted by molar-refractivity contribution is -0.384. The number of allylic oxidation sites excluding steroid dienone is 1. The molecule has 306 valence electrons. The maximum atomic E-state index is 14.2. The molecule has 1 heterocycles. The number of fused-ring (bicyclic) bond motifs is 2. The number of unbranched alkanes of at least 4 members (excludes halogenated alkanes) is 2. The van der Waals surface area contributed by atoms with Crippen LogP contribution in [-0.4, -0.2) is 83.8 Å². The molecule has 1 aliphatic heterocycles. The van der Waals surface area contributed by atoms with Crippen molar-refractivity contribution in [2.75, 3.05) is 40.1 Å². The van der Waals surface area contributed by atoms with Crippen LogP contribution in [0.25, 0.3) is 0 Å². The van der Waals surface area contributed by atoms with Crippen LogP contribution < -0.4 is 9.47 Å². The number of rotatable bonds is 19. The van der Waals surface area contributed by atoms with Crippen molar-refractivity contribution in [1.82, 2.24) is 4.90 Å². The summed E-state index contributed by atoms with van der Waals surface area (Å²) in [4.78, 5) is 32.6. The third-order valence-corrected chi connectivity index (χ3v) is 10.8. The van der Waals surface area contributed by atoms with Gasteiger partial charge >= 0.3 is 6.09 Å². The fraction of sp³-hybridized carbons (Fsp3) is 0.581. The molecule has 56 heavy (non-hydrogen) atoms. The lowest BCUT2D eigenvalue weighted by Crippen LogP contribution is -2.70. The molecule has 6 unspecified atom stereocenters. The fourth-order valence-corrected chi connectivity index (χ4v) is 8.60. The number of nitro benzene ring substituents is 1. The normalized spacial score (nSPS) is 24.6. The number of non-ortho nitro benzene ring substituents is 1. The lowest BCUT2D eigenvalue weighted by Gasteiger charge is -2.60. The Hall–Kier alpha value is -4.46. The number of amides is 1. The van der Waals surface area contributed by atoms with E-state index in [1.54, 1.807) is 29.2 Å². The molecule has 3 aliphatic rings. The number of nitro groups is 1. The van der Waals surface area contributed by atoms with Gasteiger partial charge in [-0.15, -0.1) is 6.58 Å². The van der Waals surface area contributed by atoms with E-state index in [0.29, 0.717) is 48.8 Å². The molecular weight excluding hydrogens is 718 g/mol. The molecule has 0 saturated heterocycles. The number of nitrogens with zero attached hydrogens (tertiary/aromatic N) is 3. The average Bonchev–Trinajstić information content (AvgIpc) is 3.17. The molecule has 1 saturated carbocycles. The summed E-state index contributed by atoms with van der Waals surface area (Å²) >= 11 is 0. The van der Waals surface area contributed by atoms with Crippen molar-refractivity contribution in [3.05, 3.63) is 82.4 Å². The summed E-state index contributed by atoms with van der Waals surface area (Å²) in [5, 5.41) is 35.8. The summed E-state index contributed by atoms with van der Waals surface area (Å²) in [5.74, 6) is -0.705. The van der Waals surface area contributed by atoms with Gasteiger partial charge in [-0.2, -0.15) is 0 Å². The van der Waals surface area contributed by atoms with Crippen LogP contribution >= 0.6 is 0 Å². The molecule has 13 heteroatoms. The predicted octanol–water partition coefficient (Wildman–Crippen LogP) is 8.55. The van der Waals surface area contributed by atoms with Crippen LogP contribution in [0.5, 0.6) is 17.2 Å². The van der Waals surface area contributed by atoms with Gasteiger partial charge in [0.05, 0.1) is 35.8 Å². The van der Waals surface area contributed by atoms with Gasteiger partial charge in [0.25, 0.3) is 5.69 Å². The molecule has 2 aromatic rings. The average molecular weight is 778 g/mol. The van der Waals surface area contributed by atoms with E-state index >= 15 is 0 Å². The number of aliphatic hydroxyl groups excluding tert-OH is 2. The van der Waals surface area contributed by atoms with E-state index in [0.717, 1.165) is 36.8 Å². The Morgan fingerprint density at radius 1 is 1.11 bits per heavy atom. The van der Waals surface area contributed by atoms with Gasteiger partial charge in [0.15, 0.2) is 0 Å². The number of carbonyl (C=O) groups is 1. The number of oxime groups is 1. The molecule has 6 atom stereocenters. The van der Waals surface area contributed by atoms with Crippen molar-refractivity contribution in [3.63, 3.8) is 0 Å². The van der Waals surface area contributed by atoms with Gasteiger partial charge < -0.3 is 34.0 Å². The molecule has 0 spiro atoms. The number of hydrogen-bond acceptors (Lipinski definition) is 11. The Labute approximate surface area is 330 Å². The quantitative estimate of drug-likeness (QED) is 0.0612. The van der Waals surface area contributed by atoms with Gasteiger partial charge in [-0.3, -0.25) is 15.0 Å². The van der Waals surface area contributed by atoms with E-state index in [1.165, 1.54) is 19.2 Å². The monoisotopic (exact) mass is 777 g/mol. The maximum Gasteiger partial charge on any atom is 0.410 e. The van der Waals surface area contributed by atoms with Crippen LogP contribution in [0.4, 0.5) is 10.5 Å². The van der Waals surface area contributed by atoms with Gasteiger partial charge in [0.2, 0.25) is 5.79 Å². The number of carbonyl (C=O) groups excluding carboxylic acids is 1. The molecule has 0 radical (unpaired) electrons. The highest BCUT2D eigenvalue weighted by Gasteiger charge is 2.65. The van der Waals surface area contributed by atoms with Crippen LogP contribution in [0.1, 0.15) is 90.5 Å². The number of benzene rings is 2. The predicted molar refractivity (Wildman–Crippen MR) is 213 cm³/mol. The molecule has 5 rings (SSSR count). The summed E-state index contributed by atoms with van der Waals surface area (Å²) in [6.07, 6.45) is 8.86. The van der Waals surface area contributed by atoms with Crippen LogP contribution in [0.15, 0.2) is 71.9 Å². The highest BCUT2D eigenvalue weighted by Crippen LogP contribution is 2.62. The number of aliphatic hydroxyl groups is 2. The molecule has 2 aliphatic carbocycles. The molecular formula is C43H59N3O10.